The lowest BCUT2D eigenvalue weighted by atomic mass is 10.1. The molecule has 16 heavy (non-hydrogen) atoms. The van der Waals surface area contributed by atoms with Gasteiger partial charge in [-0.3, -0.25) is 4.79 Å². The molecule has 0 atom stereocenters. The number of rotatable bonds is 3. The van der Waals surface area contributed by atoms with Gasteiger partial charge in [0.15, 0.2) is 0 Å². The Balaban J connectivity index is 2.38. The number of carbonyl (C=O) groups excluding carboxylic acids is 1. The number of hydrogen-bond acceptors (Lipinski definition) is 2. The lowest BCUT2D eigenvalue weighted by molar-refractivity contribution is -0.142. The highest BCUT2D eigenvalue weighted by Crippen LogP contribution is 2.01. The Morgan fingerprint density at radius 3 is 2.62 bits per heavy atom. The summed E-state index contributed by atoms with van der Waals surface area (Å²) >= 11 is 0. The summed E-state index contributed by atoms with van der Waals surface area (Å²) in [4.78, 5) is 11.0. The fraction of sp³-hybridized carbons (Fsp3) is 0.357. The quantitative estimate of drug-likeness (QED) is 0.573. The van der Waals surface area contributed by atoms with Crippen molar-refractivity contribution in [3.8, 4) is 11.8 Å². The standard InChI is InChI=1S/C14H16O2/c1-3-16-14(15)7-5-4-6-13-10-8-12(2)9-11-13/h8-11H,3,5,7H2,1-2H3. The first-order chi connectivity index (χ1) is 7.72. The molecule has 0 saturated heterocycles. The second-order valence-corrected chi connectivity index (χ2v) is 3.47. The molecule has 0 aliphatic carbocycles. The van der Waals surface area contributed by atoms with Crippen LogP contribution < -0.4 is 0 Å². The number of benzene rings is 1. The average molecular weight is 216 g/mol. The van der Waals surface area contributed by atoms with Crippen LogP contribution in [-0.2, 0) is 9.53 Å². The smallest absolute Gasteiger partial charge is 0.306 e. The van der Waals surface area contributed by atoms with Gasteiger partial charge in [-0.05, 0) is 26.0 Å². The van der Waals surface area contributed by atoms with E-state index >= 15 is 0 Å². The predicted octanol–water partition coefficient (Wildman–Crippen LogP) is 2.69. The van der Waals surface area contributed by atoms with Gasteiger partial charge < -0.3 is 4.74 Å². The van der Waals surface area contributed by atoms with E-state index in [0.29, 0.717) is 19.4 Å². The fourth-order valence-electron chi connectivity index (χ4n) is 1.20. The molecule has 1 rings (SSSR count). The molecule has 0 aliphatic rings. The van der Waals surface area contributed by atoms with Gasteiger partial charge in [-0.25, -0.2) is 0 Å². The third-order valence-electron chi connectivity index (χ3n) is 2.04. The molecule has 0 spiro atoms. The second-order valence-electron chi connectivity index (χ2n) is 3.47. The average Bonchev–Trinajstić information content (AvgIpc) is 2.27. The van der Waals surface area contributed by atoms with Crippen molar-refractivity contribution in [3.63, 3.8) is 0 Å². The maximum absolute atomic E-state index is 11.0. The highest BCUT2D eigenvalue weighted by Gasteiger charge is 1.97. The molecule has 0 aromatic heterocycles. The first-order valence-electron chi connectivity index (χ1n) is 5.43. The molecule has 0 bridgehead atoms. The van der Waals surface area contributed by atoms with E-state index in [4.69, 9.17) is 4.74 Å². The number of esters is 1. The number of hydrogen-bond donors (Lipinski definition) is 0. The molecule has 84 valence electrons. The SMILES string of the molecule is CCOC(=O)CCC#Cc1ccc(C)cc1. The Kier molecular flexibility index (Phi) is 5.15. The maximum atomic E-state index is 11.0. The van der Waals surface area contributed by atoms with E-state index in [-0.39, 0.29) is 5.97 Å². The third-order valence-corrected chi connectivity index (χ3v) is 2.04. The summed E-state index contributed by atoms with van der Waals surface area (Å²) in [7, 11) is 0. The van der Waals surface area contributed by atoms with E-state index in [1.54, 1.807) is 6.92 Å². The van der Waals surface area contributed by atoms with Crippen LogP contribution >= 0.6 is 0 Å². The summed E-state index contributed by atoms with van der Waals surface area (Å²) in [5.74, 6) is 5.79. The molecule has 0 aliphatic heterocycles. The molecule has 0 amide bonds. The molecule has 0 saturated carbocycles. The summed E-state index contributed by atoms with van der Waals surface area (Å²) in [6.45, 7) is 4.28. The zero-order valence-electron chi connectivity index (χ0n) is 9.75. The Morgan fingerprint density at radius 2 is 2.00 bits per heavy atom. The topological polar surface area (TPSA) is 26.3 Å². The van der Waals surface area contributed by atoms with Gasteiger partial charge in [-0.2, -0.15) is 0 Å². The van der Waals surface area contributed by atoms with Crippen LogP contribution in [-0.4, -0.2) is 12.6 Å². The largest absolute Gasteiger partial charge is 0.466 e. The molecule has 0 N–H and O–H groups in total. The molecule has 2 heteroatoms. The van der Waals surface area contributed by atoms with Gasteiger partial charge in [0, 0.05) is 12.0 Å². The van der Waals surface area contributed by atoms with Crippen LogP contribution in [0.25, 0.3) is 0 Å². The monoisotopic (exact) mass is 216 g/mol. The molecule has 0 radical (unpaired) electrons. The number of ether oxygens (including phenoxy) is 1. The third kappa shape index (κ3) is 4.65. The minimum atomic E-state index is -0.180. The molecule has 0 unspecified atom stereocenters. The van der Waals surface area contributed by atoms with Crippen LogP contribution in [0.15, 0.2) is 24.3 Å². The highest BCUT2D eigenvalue weighted by molar-refractivity contribution is 5.69. The summed E-state index contributed by atoms with van der Waals surface area (Å²) in [5.41, 5.74) is 2.20. The van der Waals surface area contributed by atoms with Gasteiger partial charge in [0.25, 0.3) is 0 Å². The summed E-state index contributed by atoms with van der Waals surface area (Å²) in [5, 5.41) is 0. The van der Waals surface area contributed by atoms with E-state index in [2.05, 4.69) is 11.8 Å². The van der Waals surface area contributed by atoms with E-state index in [1.165, 1.54) is 5.56 Å². The van der Waals surface area contributed by atoms with E-state index in [0.717, 1.165) is 5.56 Å². The summed E-state index contributed by atoms with van der Waals surface area (Å²) < 4.78 is 4.80. The van der Waals surface area contributed by atoms with Crippen LogP contribution in [0.4, 0.5) is 0 Å². The normalized spacial score (nSPS) is 9.12. The van der Waals surface area contributed by atoms with Crippen LogP contribution in [0.3, 0.4) is 0 Å². The van der Waals surface area contributed by atoms with E-state index < -0.39 is 0 Å². The zero-order valence-corrected chi connectivity index (χ0v) is 9.75. The van der Waals surface area contributed by atoms with E-state index in [9.17, 15) is 4.79 Å². The Hall–Kier alpha value is -1.75. The van der Waals surface area contributed by atoms with Gasteiger partial charge in [0.2, 0.25) is 0 Å². The first-order valence-corrected chi connectivity index (χ1v) is 5.43. The van der Waals surface area contributed by atoms with Crippen molar-refractivity contribution in [1.29, 1.82) is 0 Å². The van der Waals surface area contributed by atoms with Crippen LogP contribution in [0, 0.1) is 18.8 Å². The molecular formula is C14H16O2. The van der Waals surface area contributed by atoms with Crippen molar-refractivity contribution < 1.29 is 9.53 Å². The van der Waals surface area contributed by atoms with E-state index in [1.807, 2.05) is 31.2 Å². The minimum absolute atomic E-state index is 0.180. The summed E-state index contributed by atoms with van der Waals surface area (Å²) in [6, 6.07) is 8.00. The molecule has 1 aromatic carbocycles. The van der Waals surface area contributed by atoms with Crippen molar-refractivity contribution in [3.05, 3.63) is 35.4 Å². The fourth-order valence-corrected chi connectivity index (χ4v) is 1.20. The minimum Gasteiger partial charge on any atom is -0.466 e. The van der Waals surface area contributed by atoms with Crippen molar-refractivity contribution in [2.45, 2.75) is 26.7 Å². The first kappa shape index (κ1) is 12.3. The van der Waals surface area contributed by atoms with Gasteiger partial charge >= 0.3 is 5.97 Å². The Bertz CT molecular complexity index is 393. The van der Waals surface area contributed by atoms with Gasteiger partial charge in [0.1, 0.15) is 0 Å². The Morgan fingerprint density at radius 1 is 1.31 bits per heavy atom. The maximum Gasteiger partial charge on any atom is 0.306 e. The predicted molar refractivity (Wildman–Crippen MR) is 63.9 cm³/mol. The lowest BCUT2D eigenvalue weighted by Gasteiger charge is -1.96. The highest BCUT2D eigenvalue weighted by atomic mass is 16.5. The zero-order chi connectivity index (χ0) is 11.8. The molecule has 2 nitrogen and oxygen atoms in total. The molecule has 0 fully saturated rings. The van der Waals surface area contributed by atoms with Gasteiger partial charge in [-0.1, -0.05) is 29.5 Å². The Labute approximate surface area is 96.6 Å². The molecule has 0 heterocycles. The van der Waals surface area contributed by atoms with Crippen LogP contribution in [0.2, 0.25) is 0 Å². The molecular weight excluding hydrogens is 200 g/mol. The van der Waals surface area contributed by atoms with Crippen LogP contribution in [0.5, 0.6) is 0 Å². The number of aryl methyl sites for hydroxylation is 1. The van der Waals surface area contributed by atoms with Crippen molar-refractivity contribution in [1.82, 2.24) is 0 Å². The second kappa shape index (κ2) is 6.68. The van der Waals surface area contributed by atoms with Crippen LogP contribution in [0.1, 0.15) is 30.9 Å². The van der Waals surface area contributed by atoms with Gasteiger partial charge in [0.05, 0.1) is 13.0 Å². The summed E-state index contributed by atoms with van der Waals surface area (Å²) in [6.07, 6.45) is 0.916. The molecule has 1 aromatic rings. The van der Waals surface area contributed by atoms with Gasteiger partial charge in [-0.15, -0.1) is 0 Å². The van der Waals surface area contributed by atoms with Crippen molar-refractivity contribution in [2.75, 3.05) is 6.61 Å². The van der Waals surface area contributed by atoms with Crippen molar-refractivity contribution >= 4 is 5.97 Å². The lowest BCUT2D eigenvalue weighted by Crippen LogP contribution is -2.02. The van der Waals surface area contributed by atoms with Crippen molar-refractivity contribution in [2.24, 2.45) is 0 Å². The number of carbonyl (C=O) groups is 1.